The highest BCUT2D eigenvalue weighted by atomic mass is 79.9. The molecule has 1 unspecified atom stereocenters. The van der Waals surface area contributed by atoms with Gasteiger partial charge in [0.15, 0.2) is 0 Å². The van der Waals surface area contributed by atoms with Crippen molar-refractivity contribution in [3.05, 3.63) is 55.1 Å². The molecule has 2 aromatic rings. The normalized spacial score (nSPS) is 12.8. The van der Waals surface area contributed by atoms with E-state index in [0.29, 0.717) is 0 Å². The van der Waals surface area contributed by atoms with Crippen molar-refractivity contribution < 1.29 is 0 Å². The molecule has 0 amide bonds. The topological polar surface area (TPSA) is 0 Å². The van der Waals surface area contributed by atoms with Gasteiger partial charge >= 0.3 is 0 Å². The molecule has 0 saturated carbocycles. The molecule has 16 heavy (non-hydrogen) atoms. The second-order valence-electron chi connectivity index (χ2n) is 3.50. The van der Waals surface area contributed by atoms with E-state index in [-0.39, 0.29) is 5.38 Å². The summed E-state index contributed by atoms with van der Waals surface area (Å²) in [5, 5.41) is 2.54. The molecule has 0 nitrogen and oxygen atoms in total. The molecule has 1 aromatic heterocycles. The van der Waals surface area contributed by atoms with E-state index in [1.807, 2.05) is 23.6 Å². The minimum absolute atomic E-state index is 0.166. The molecule has 0 aliphatic heterocycles. The Bertz CT molecular complexity index is 507. The van der Waals surface area contributed by atoms with E-state index in [4.69, 9.17) is 23.2 Å². The number of rotatable bonds is 2. The standard InChI is InChI=1S/C12H9BrCl2S/c1-7-6-8(13)2-3-9(7)11(15)12-10(14)4-5-16-12/h2-6,11H,1H3. The predicted molar refractivity (Wildman–Crippen MR) is 75.9 cm³/mol. The highest BCUT2D eigenvalue weighted by Gasteiger charge is 2.17. The van der Waals surface area contributed by atoms with Gasteiger partial charge in [-0.05, 0) is 41.6 Å². The Morgan fingerprint density at radius 3 is 2.62 bits per heavy atom. The number of aryl methyl sites for hydroxylation is 1. The number of benzene rings is 1. The summed E-state index contributed by atoms with van der Waals surface area (Å²) in [6.45, 7) is 2.05. The molecule has 1 aromatic carbocycles. The SMILES string of the molecule is Cc1cc(Br)ccc1C(Cl)c1sccc1Cl. The molecular weight excluding hydrogens is 327 g/mol. The van der Waals surface area contributed by atoms with Gasteiger partial charge in [-0.1, -0.05) is 33.6 Å². The van der Waals surface area contributed by atoms with Gasteiger partial charge in [0.05, 0.1) is 10.4 Å². The first-order valence-electron chi connectivity index (χ1n) is 4.72. The van der Waals surface area contributed by atoms with Crippen LogP contribution in [-0.2, 0) is 0 Å². The number of alkyl halides is 1. The molecule has 0 N–H and O–H groups in total. The van der Waals surface area contributed by atoms with Crippen molar-refractivity contribution in [2.45, 2.75) is 12.3 Å². The molecule has 2 rings (SSSR count). The third-order valence-electron chi connectivity index (χ3n) is 2.38. The van der Waals surface area contributed by atoms with Crippen molar-refractivity contribution in [3.8, 4) is 0 Å². The quantitative estimate of drug-likeness (QED) is 0.608. The lowest BCUT2D eigenvalue weighted by Crippen LogP contribution is -1.94. The second kappa shape index (κ2) is 5.09. The summed E-state index contributed by atoms with van der Waals surface area (Å²) in [7, 11) is 0. The third-order valence-corrected chi connectivity index (χ3v) is 4.88. The minimum Gasteiger partial charge on any atom is -0.145 e. The number of hydrogen-bond donors (Lipinski definition) is 0. The molecular formula is C12H9BrCl2S. The van der Waals surface area contributed by atoms with Crippen LogP contribution in [0.2, 0.25) is 5.02 Å². The zero-order valence-corrected chi connectivity index (χ0v) is 12.4. The average molecular weight is 336 g/mol. The van der Waals surface area contributed by atoms with Crippen LogP contribution in [-0.4, -0.2) is 0 Å². The fourth-order valence-corrected chi connectivity index (χ4v) is 3.76. The summed E-state index contributed by atoms with van der Waals surface area (Å²) in [4.78, 5) is 1.01. The fraction of sp³-hybridized carbons (Fsp3) is 0.167. The predicted octanol–water partition coefficient (Wildman–Crippen LogP) is 5.80. The van der Waals surface area contributed by atoms with Crippen molar-refractivity contribution in [1.82, 2.24) is 0 Å². The van der Waals surface area contributed by atoms with Crippen LogP contribution < -0.4 is 0 Å². The lowest BCUT2D eigenvalue weighted by molar-refractivity contribution is 1.14. The molecule has 0 spiro atoms. The van der Waals surface area contributed by atoms with Gasteiger partial charge in [0.2, 0.25) is 0 Å². The Morgan fingerprint density at radius 2 is 2.06 bits per heavy atom. The number of halogens is 3. The fourth-order valence-electron chi connectivity index (χ4n) is 1.55. The maximum Gasteiger partial charge on any atom is 0.0945 e. The molecule has 0 aliphatic rings. The first kappa shape index (κ1) is 12.4. The Kier molecular flexibility index (Phi) is 3.96. The molecule has 0 saturated heterocycles. The van der Waals surface area contributed by atoms with E-state index in [0.717, 1.165) is 19.9 Å². The highest BCUT2D eigenvalue weighted by Crippen LogP contribution is 2.38. The van der Waals surface area contributed by atoms with Crippen LogP contribution >= 0.6 is 50.5 Å². The Hall–Kier alpha value is -0.0200. The Labute approximate surface area is 117 Å². The van der Waals surface area contributed by atoms with Crippen LogP contribution in [0.25, 0.3) is 0 Å². The zero-order valence-electron chi connectivity index (χ0n) is 8.51. The lowest BCUT2D eigenvalue weighted by atomic mass is 10.0. The van der Waals surface area contributed by atoms with Crippen LogP contribution in [0.15, 0.2) is 34.1 Å². The van der Waals surface area contributed by atoms with Crippen molar-refractivity contribution in [1.29, 1.82) is 0 Å². The number of hydrogen-bond acceptors (Lipinski definition) is 1. The Balaban J connectivity index is 2.41. The van der Waals surface area contributed by atoms with Crippen molar-refractivity contribution >= 4 is 50.5 Å². The highest BCUT2D eigenvalue weighted by molar-refractivity contribution is 9.10. The molecule has 0 bridgehead atoms. The van der Waals surface area contributed by atoms with Crippen LogP contribution in [0.4, 0.5) is 0 Å². The largest absolute Gasteiger partial charge is 0.145 e. The summed E-state index contributed by atoms with van der Waals surface area (Å²) < 4.78 is 1.06. The first-order valence-corrected chi connectivity index (χ1v) is 7.21. The van der Waals surface area contributed by atoms with E-state index in [1.165, 1.54) is 5.56 Å². The van der Waals surface area contributed by atoms with E-state index in [2.05, 4.69) is 28.9 Å². The number of thiophene rings is 1. The monoisotopic (exact) mass is 334 g/mol. The van der Waals surface area contributed by atoms with E-state index in [1.54, 1.807) is 11.3 Å². The molecule has 0 fully saturated rings. The first-order chi connectivity index (χ1) is 7.59. The molecule has 0 aliphatic carbocycles. The molecule has 0 radical (unpaired) electrons. The summed E-state index contributed by atoms with van der Waals surface area (Å²) in [5.41, 5.74) is 2.27. The lowest BCUT2D eigenvalue weighted by Gasteiger charge is -2.12. The van der Waals surface area contributed by atoms with Crippen LogP contribution in [0.3, 0.4) is 0 Å². The molecule has 1 atom stereocenters. The van der Waals surface area contributed by atoms with E-state index >= 15 is 0 Å². The smallest absolute Gasteiger partial charge is 0.0945 e. The van der Waals surface area contributed by atoms with Gasteiger partial charge in [0.25, 0.3) is 0 Å². The van der Waals surface area contributed by atoms with Gasteiger partial charge in [-0.2, -0.15) is 0 Å². The van der Waals surface area contributed by atoms with Crippen LogP contribution in [0.1, 0.15) is 21.4 Å². The summed E-state index contributed by atoms with van der Waals surface area (Å²) >= 11 is 17.6. The molecule has 1 heterocycles. The van der Waals surface area contributed by atoms with Crippen LogP contribution in [0.5, 0.6) is 0 Å². The maximum atomic E-state index is 6.45. The zero-order chi connectivity index (χ0) is 11.7. The van der Waals surface area contributed by atoms with Gasteiger partial charge in [-0.3, -0.25) is 0 Å². The third kappa shape index (κ3) is 2.45. The average Bonchev–Trinajstić information content (AvgIpc) is 2.63. The van der Waals surface area contributed by atoms with Gasteiger partial charge in [0, 0.05) is 9.35 Å². The van der Waals surface area contributed by atoms with Crippen LogP contribution in [0, 0.1) is 6.92 Å². The second-order valence-corrected chi connectivity index (χ2v) is 6.20. The molecule has 4 heteroatoms. The Morgan fingerprint density at radius 1 is 1.31 bits per heavy atom. The van der Waals surface area contributed by atoms with Gasteiger partial charge in [-0.15, -0.1) is 22.9 Å². The van der Waals surface area contributed by atoms with Gasteiger partial charge < -0.3 is 0 Å². The van der Waals surface area contributed by atoms with E-state index in [9.17, 15) is 0 Å². The van der Waals surface area contributed by atoms with Crippen molar-refractivity contribution in [3.63, 3.8) is 0 Å². The summed E-state index contributed by atoms with van der Waals surface area (Å²) in [6.07, 6.45) is 0. The van der Waals surface area contributed by atoms with Crippen molar-refractivity contribution in [2.24, 2.45) is 0 Å². The summed E-state index contributed by atoms with van der Waals surface area (Å²) in [5.74, 6) is 0. The van der Waals surface area contributed by atoms with E-state index < -0.39 is 0 Å². The summed E-state index contributed by atoms with van der Waals surface area (Å²) in [6, 6.07) is 7.98. The van der Waals surface area contributed by atoms with Crippen molar-refractivity contribution in [2.75, 3.05) is 0 Å². The van der Waals surface area contributed by atoms with Gasteiger partial charge in [-0.25, -0.2) is 0 Å². The maximum absolute atomic E-state index is 6.45. The minimum atomic E-state index is -0.166. The molecule has 84 valence electrons. The van der Waals surface area contributed by atoms with Gasteiger partial charge in [0.1, 0.15) is 0 Å².